The number of piperidine rings is 1. The van der Waals surface area contributed by atoms with Gasteiger partial charge in [-0.05, 0) is 59.8 Å². The lowest BCUT2D eigenvalue weighted by atomic mass is 9.79. The molecule has 2 aliphatic rings. The SMILES string of the molecule is CN1CCC(C(C)(C)N2CCN(C)CC2)CC1. The normalized spacial score (nSPS) is 27.5. The Morgan fingerprint density at radius 2 is 1.24 bits per heavy atom. The van der Waals surface area contributed by atoms with Gasteiger partial charge in [0, 0.05) is 31.7 Å². The summed E-state index contributed by atoms with van der Waals surface area (Å²) in [5.41, 5.74) is 0.391. The van der Waals surface area contributed by atoms with Gasteiger partial charge in [0.25, 0.3) is 0 Å². The maximum absolute atomic E-state index is 2.73. The van der Waals surface area contributed by atoms with Crippen LogP contribution in [0, 0.1) is 5.92 Å². The van der Waals surface area contributed by atoms with Crippen LogP contribution in [0.5, 0.6) is 0 Å². The summed E-state index contributed by atoms with van der Waals surface area (Å²) in [5, 5.41) is 0. The molecule has 0 N–H and O–H groups in total. The van der Waals surface area contributed by atoms with Crippen LogP contribution in [0.2, 0.25) is 0 Å². The summed E-state index contributed by atoms with van der Waals surface area (Å²) in [7, 11) is 4.49. The molecule has 0 amide bonds. The monoisotopic (exact) mass is 239 g/mol. The number of rotatable bonds is 2. The van der Waals surface area contributed by atoms with Crippen LogP contribution in [0.1, 0.15) is 26.7 Å². The fourth-order valence-corrected chi connectivity index (χ4v) is 3.36. The second kappa shape index (κ2) is 5.25. The molecule has 0 aliphatic carbocycles. The maximum Gasteiger partial charge on any atom is 0.0183 e. The van der Waals surface area contributed by atoms with Gasteiger partial charge in [-0.15, -0.1) is 0 Å². The second-order valence-corrected chi connectivity index (χ2v) is 6.52. The summed E-state index contributed by atoms with van der Waals surface area (Å²) in [6.07, 6.45) is 2.74. The zero-order chi connectivity index (χ0) is 12.5. The smallest absolute Gasteiger partial charge is 0.0183 e. The minimum absolute atomic E-state index is 0.391. The van der Waals surface area contributed by atoms with Gasteiger partial charge < -0.3 is 9.80 Å². The summed E-state index contributed by atoms with van der Waals surface area (Å²) in [4.78, 5) is 7.64. The first kappa shape index (κ1) is 13.3. The Labute approximate surface area is 107 Å². The van der Waals surface area contributed by atoms with E-state index in [1.54, 1.807) is 0 Å². The molecule has 2 rings (SSSR count). The molecule has 2 saturated heterocycles. The van der Waals surface area contributed by atoms with E-state index in [-0.39, 0.29) is 0 Å². The van der Waals surface area contributed by atoms with E-state index in [0.717, 1.165) is 5.92 Å². The van der Waals surface area contributed by atoms with Crippen molar-refractivity contribution in [1.29, 1.82) is 0 Å². The third-order valence-electron chi connectivity index (χ3n) is 5.04. The molecule has 0 aromatic rings. The minimum atomic E-state index is 0.391. The number of likely N-dealkylation sites (N-methyl/N-ethyl adjacent to an activating group) is 1. The van der Waals surface area contributed by atoms with E-state index in [2.05, 4.69) is 42.6 Å². The lowest BCUT2D eigenvalue weighted by molar-refractivity contribution is 0.00231. The highest BCUT2D eigenvalue weighted by Crippen LogP contribution is 2.33. The standard InChI is InChI=1S/C14H29N3/c1-14(2,13-5-7-15(3)8-6-13)17-11-9-16(4)10-12-17/h13H,5-12H2,1-4H3. The van der Waals surface area contributed by atoms with Crippen molar-refractivity contribution in [2.24, 2.45) is 5.92 Å². The number of nitrogens with zero attached hydrogens (tertiary/aromatic N) is 3. The third kappa shape index (κ3) is 3.01. The molecule has 0 unspecified atom stereocenters. The number of hydrogen-bond acceptors (Lipinski definition) is 3. The van der Waals surface area contributed by atoms with Gasteiger partial charge in [0.2, 0.25) is 0 Å². The number of hydrogen-bond donors (Lipinski definition) is 0. The fourth-order valence-electron chi connectivity index (χ4n) is 3.36. The molecule has 3 nitrogen and oxygen atoms in total. The van der Waals surface area contributed by atoms with Crippen molar-refractivity contribution in [2.75, 3.05) is 53.4 Å². The van der Waals surface area contributed by atoms with Crippen LogP contribution in [0.15, 0.2) is 0 Å². The molecule has 17 heavy (non-hydrogen) atoms. The van der Waals surface area contributed by atoms with Crippen molar-refractivity contribution in [1.82, 2.24) is 14.7 Å². The van der Waals surface area contributed by atoms with E-state index in [1.807, 2.05) is 0 Å². The van der Waals surface area contributed by atoms with Crippen LogP contribution in [-0.2, 0) is 0 Å². The van der Waals surface area contributed by atoms with E-state index >= 15 is 0 Å². The second-order valence-electron chi connectivity index (χ2n) is 6.52. The van der Waals surface area contributed by atoms with Gasteiger partial charge >= 0.3 is 0 Å². The Bertz CT molecular complexity index is 212. The molecule has 100 valence electrons. The average Bonchev–Trinajstić information content (AvgIpc) is 2.30. The lowest BCUT2D eigenvalue weighted by Crippen LogP contribution is -2.58. The summed E-state index contributed by atoms with van der Waals surface area (Å²) in [6, 6.07) is 0. The minimum Gasteiger partial charge on any atom is -0.306 e. The Kier molecular flexibility index (Phi) is 4.11. The van der Waals surface area contributed by atoms with E-state index in [4.69, 9.17) is 0 Å². The van der Waals surface area contributed by atoms with Gasteiger partial charge in [-0.1, -0.05) is 0 Å². The Hall–Kier alpha value is -0.120. The lowest BCUT2D eigenvalue weighted by Gasteiger charge is -2.49. The van der Waals surface area contributed by atoms with Gasteiger partial charge in [-0.3, -0.25) is 4.90 Å². The first-order chi connectivity index (χ1) is 8.00. The highest BCUT2D eigenvalue weighted by Gasteiger charge is 2.37. The predicted molar refractivity (Wildman–Crippen MR) is 73.4 cm³/mol. The quantitative estimate of drug-likeness (QED) is 0.720. The Morgan fingerprint density at radius 3 is 1.76 bits per heavy atom. The molecule has 2 aliphatic heterocycles. The molecule has 3 heteroatoms. The first-order valence-corrected chi connectivity index (χ1v) is 7.12. The third-order valence-corrected chi connectivity index (χ3v) is 5.04. The molecule has 2 fully saturated rings. The van der Waals surface area contributed by atoms with Gasteiger partial charge in [-0.25, -0.2) is 0 Å². The summed E-state index contributed by atoms with van der Waals surface area (Å²) in [6.45, 7) is 12.4. The largest absolute Gasteiger partial charge is 0.306 e. The van der Waals surface area contributed by atoms with Crippen molar-refractivity contribution in [2.45, 2.75) is 32.2 Å². The summed E-state index contributed by atoms with van der Waals surface area (Å²) in [5.74, 6) is 0.877. The van der Waals surface area contributed by atoms with Crippen LogP contribution in [0.3, 0.4) is 0 Å². The van der Waals surface area contributed by atoms with Crippen molar-refractivity contribution in [3.05, 3.63) is 0 Å². The van der Waals surface area contributed by atoms with E-state index < -0.39 is 0 Å². The molecular weight excluding hydrogens is 210 g/mol. The molecule has 0 saturated carbocycles. The van der Waals surface area contributed by atoms with Crippen LogP contribution < -0.4 is 0 Å². The van der Waals surface area contributed by atoms with Crippen LogP contribution in [0.4, 0.5) is 0 Å². The van der Waals surface area contributed by atoms with Crippen molar-refractivity contribution >= 4 is 0 Å². The molecule has 0 atom stereocenters. The van der Waals surface area contributed by atoms with Crippen LogP contribution in [-0.4, -0.2) is 73.6 Å². The number of likely N-dealkylation sites (tertiary alicyclic amines) is 1. The van der Waals surface area contributed by atoms with Gasteiger partial charge in [0.05, 0.1) is 0 Å². The molecular formula is C14H29N3. The van der Waals surface area contributed by atoms with Crippen LogP contribution in [0.25, 0.3) is 0 Å². The van der Waals surface area contributed by atoms with Gasteiger partial charge in [-0.2, -0.15) is 0 Å². The molecule has 0 aromatic carbocycles. The Balaban J connectivity index is 1.93. The highest BCUT2D eigenvalue weighted by atomic mass is 15.3. The molecule has 0 radical (unpaired) electrons. The van der Waals surface area contributed by atoms with Gasteiger partial charge in [0.1, 0.15) is 0 Å². The van der Waals surface area contributed by atoms with Crippen molar-refractivity contribution < 1.29 is 0 Å². The average molecular weight is 239 g/mol. The Morgan fingerprint density at radius 1 is 0.765 bits per heavy atom. The molecule has 0 aromatic heterocycles. The predicted octanol–water partition coefficient (Wildman–Crippen LogP) is 1.35. The van der Waals surface area contributed by atoms with Crippen LogP contribution >= 0.6 is 0 Å². The zero-order valence-corrected chi connectivity index (χ0v) is 12.1. The topological polar surface area (TPSA) is 9.72 Å². The molecule has 0 bridgehead atoms. The zero-order valence-electron chi connectivity index (χ0n) is 12.1. The first-order valence-electron chi connectivity index (χ1n) is 7.12. The highest BCUT2D eigenvalue weighted by molar-refractivity contribution is 4.93. The van der Waals surface area contributed by atoms with E-state index in [1.165, 1.54) is 52.1 Å². The summed E-state index contributed by atoms with van der Waals surface area (Å²) < 4.78 is 0. The number of piperazine rings is 1. The van der Waals surface area contributed by atoms with Gasteiger partial charge in [0.15, 0.2) is 0 Å². The summed E-state index contributed by atoms with van der Waals surface area (Å²) >= 11 is 0. The van der Waals surface area contributed by atoms with E-state index in [0.29, 0.717) is 5.54 Å². The van der Waals surface area contributed by atoms with Crippen molar-refractivity contribution in [3.63, 3.8) is 0 Å². The fraction of sp³-hybridized carbons (Fsp3) is 1.00. The molecule has 0 spiro atoms. The maximum atomic E-state index is 2.73. The molecule has 2 heterocycles. The van der Waals surface area contributed by atoms with E-state index in [9.17, 15) is 0 Å². The van der Waals surface area contributed by atoms with Crippen molar-refractivity contribution in [3.8, 4) is 0 Å².